The number of carbonyl (C=O) groups excluding carboxylic acids is 1. The molecule has 1 aromatic heterocycles. The Hall–Kier alpha value is -3.17. The largest absolute Gasteiger partial charge is 0.378 e. The molecule has 1 amide bonds. The van der Waals surface area contributed by atoms with Crippen molar-refractivity contribution in [3.8, 4) is 5.69 Å². The fourth-order valence-corrected chi connectivity index (χ4v) is 4.80. The first-order chi connectivity index (χ1) is 16.2. The summed E-state index contributed by atoms with van der Waals surface area (Å²) in [5, 5.41) is 15.8. The topological polar surface area (TPSA) is 75.9 Å². The molecule has 1 fully saturated rings. The minimum absolute atomic E-state index is 0.0300. The van der Waals surface area contributed by atoms with Crippen LogP contribution in [0.4, 0.5) is 5.95 Å². The third-order valence-electron chi connectivity index (χ3n) is 5.69. The van der Waals surface area contributed by atoms with Gasteiger partial charge in [-0.25, -0.2) is 5.01 Å². The van der Waals surface area contributed by atoms with Gasteiger partial charge in [0.25, 0.3) is 5.91 Å². The van der Waals surface area contributed by atoms with Gasteiger partial charge in [-0.1, -0.05) is 54.2 Å². The average molecular weight is 463 g/mol. The second-order valence-electron chi connectivity index (χ2n) is 8.02. The molecular formula is C24H26N6O2S. The van der Waals surface area contributed by atoms with E-state index in [1.54, 1.807) is 5.01 Å². The van der Waals surface area contributed by atoms with Gasteiger partial charge < -0.3 is 9.64 Å². The number of carbonyl (C=O) groups is 1. The molecule has 0 unspecified atom stereocenters. The lowest BCUT2D eigenvalue weighted by Crippen LogP contribution is -2.37. The van der Waals surface area contributed by atoms with Gasteiger partial charge in [0.2, 0.25) is 5.95 Å². The van der Waals surface area contributed by atoms with Gasteiger partial charge in [0.15, 0.2) is 5.16 Å². The van der Waals surface area contributed by atoms with Crippen molar-refractivity contribution in [3.63, 3.8) is 0 Å². The Morgan fingerprint density at radius 3 is 2.64 bits per heavy atom. The quantitative estimate of drug-likeness (QED) is 0.524. The Balaban J connectivity index is 1.35. The molecule has 0 bridgehead atoms. The van der Waals surface area contributed by atoms with E-state index in [1.165, 1.54) is 11.8 Å². The van der Waals surface area contributed by atoms with E-state index in [4.69, 9.17) is 4.74 Å². The van der Waals surface area contributed by atoms with Crippen LogP contribution >= 0.6 is 11.8 Å². The van der Waals surface area contributed by atoms with Crippen LogP contribution in [-0.2, 0) is 9.53 Å². The zero-order valence-corrected chi connectivity index (χ0v) is 19.4. The normalized spacial score (nSPS) is 16.2. The van der Waals surface area contributed by atoms with Gasteiger partial charge in [0, 0.05) is 19.5 Å². The van der Waals surface area contributed by atoms with E-state index >= 15 is 0 Å². The molecule has 170 valence electrons. The third-order valence-corrected chi connectivity index (χ3v) is 6.61. The number of morpholine rings is 1. The lowest BCUT2D eigenvalue weighted by atomic mass is 10.1. The molecule has 5 rings (SSSR count). The summed E-state index contributed by atoms with van der Waals surface area (Å²) in [5.74, 6) is 1.00. The number of aromatic nitrogens is 3. The highest BCUT2D eigenvalue weighted by Gasteiger charge is 2.25. The molecule has 0 radical (unpaired) electrons. The summed E-state index contributed by atoms with van der Waals surface area (Å²) in [6.07, 6.45) is 0.765. The smallest absolute Gasteiger partial charge is 0.253 e. The summed E-state index contributed by atoms with van der Waals surface area (Å²) < 4.78 is 7.54. The minimum Gasteiger partial charge on any atom is -0.378 e. The van der Waals surface area contributed by atoms with Crippen molar-refractivity contribution in [1.29, 1.82) is 0 Å². The second kappa shape index (κ2) is 9.76. The molecular weight excluding hydrogens is 436 g/mol. The van der Waals surface area contributed by atoms with Crippen molar-refractivity contribution in [3.05, 3.63) is 65.7 Å². The summed E-state index contributed by atoms with van der Waals surface area (Å²) in [4.78, 5) is 15.1. The molecule has 2 aliphatic heterocycles. The van der Waals surface area contributed by atoms with Crippen molar-refractivity contribution in [1.82, 2.24) is 19.8 Å². The number of hydrazone groups is 1. The van der Waals surface area contributed by atoms with Crippen LogP contribution < -0.4 is 4.90 Å². The first-order valence-electron chi connectivity index (χ1n) is 11.1. The second-order valence-corrected chi connectivity index (χ2v) is 8.97. The molecule has 33 heavy (non-hydrogen) atoms. The molecule has 3 aromatic rings. The maximum Gasteiger partial charge on any atom is 0.253 e. The third kappa shape index (κ3) is 4.79. The lowest BCUT2D eigenvalue weighted by Gasteiger charge is -2.28. The Morgan fingerprint density at radius 2 is 1.85 bits per heavy atom. The number of hydrogen-bond donors (Lipinski definition) is 0. The standard InChI is InChI=1S/C24H26N6O2S/c1-18-6-5-9-20(16-18)30-23(28-12-14-32-15-13-28)25-26-24(30)33-17-22(31)29-11-10-21(27-29)19-7-3-2-4-8-19/h2-9,16H,10-15,17H2,1H3. The van der Waals surface area contributed by atoms with Crippen LogP contribution in [0.15, 0.2) is 64.9 Å². The van der Waals surface area contributed by atoms with E-state index in [2.05, 4.69) is 39.3 Å². The highest BCUT2D eigenvalue weighted by atomic mass is 32.2. The van der Waals surface area contributed by atoms with Crippen LogP contribution in [0.25, 0.3) is 5.69 Å². The monoisotopic (exact) mass is 462 g/mol. The number of benzene rings is 2. The molecule has 3 heterocycles. The summed E-state index contributed by atoms with van der Waals surface area (Å²) in [6, 6.07) is 18.3. The van der Waals surface area contributed by atoms with Crippen molar-refractivity contribution in [2.24, 2.45) is 5.10 Å². The Bertz CT molecular complexity index is 1160. The highest BCUT2D eigenvalue weighted by Crippen LogP contribution is 2.28. The van der Waals surface area contributed by atoms with E-state index in [0.29, 0.717) is 24.9 Å². The highest BCUT2D eigenvalue weighted by molar-refractivity contribution is 7.99. The fraction of sp³-hybridized carbons (Fsp3) is 0.333. The predicted octanol–water partition coefficient (Wildman–Crippen LogP) is 3.14. The van der Waals surface area contributed by atoms with Crippen LogP contribution in [0.5, 0.6) is 0 Å². The number of thioether (sulfide) groups is 1. The summed E-state index contributed by atoms with van der Waals surface area (Å²) in [6.45, 7) is 5.52. The lowest BCUT2D eigenvalue weighted by molar-refractivity contribution is -0.127. The molecule has 0 atom stereocenters. The number of ether oxygens (including phenoxy) is 1. The Labute approximate surface area is 197 Å². The van der Waals surface area contributed by atoms with Crippen molar-refractivity contribution >= 4 is 29.3 Å². The number of aryl methyl sites for hydroxylation is 1. The van der Waals surface area contributed by atoms with E-state index in [0.717, 1.165) is 48.0 Å². The molecule has 9 heteroatoms. The number of nitrogens with zero attached hydrogens (tertiary/aromatic N) is 6. The van der Waals surface area contributed by atoms with E-state index < -0.39 is 0 Å². The van der Waals surface area contributed by atoms with Gasteiger partial charge in [-0.3, -0.25) is 9.36 Å². The molecule has 2 aliphatic rings. The molecule has 1 saturated heterocycles. The van der Waals surface area contributed by atoms with Crippen LogP contribution in [-0.4, -0.2) is 70.0 Å². The SMILES string of the molecule is Cc1cccc(-n2c(SCC(=O)N3CCC(c4ccccc4)=N3)nnc2N2CCOCC2)c1. The molecule has 8 nitrogen and oxygen atoms in total. The van der Waals surface area contributed by atoms with Gasteiger partial charge in [0.05, 0.1) is 36.9 Å². The number of amides is 1. The zero-order valence-electron chi connectivity index (χ0n) is 18.6. The minimum atomic E-state index is -0.0300. The van der Waals surface area contributed by atoms with Gasteiger partial charge >= 0.3 is 0 Å². The van der Waals surface area contributed by atoms with E-state index in [9.17, 15) is 4.79 Å². The molecule has 0 spiro atoms. The number of hydrogen-bond acceptors (Lipinski definition) is 7. The van der Waals surface area contributed by atoms with Gasteiger partial charge in [-0.05, 0) is 30.2 Å². The van der Waals surface area contributed by atoms with Crippen molar-refractivity contribution in [2.45, 2.75) is 18.5 Å². The molecule has 0 N–H and O–H groups in total. The van der Waals surface area contributed by atoms with Crippen LogP contribution in [0.3, 0.4) is 0 Å². The maximum absolute atomic E-state index is 12.9. The van der Waals surface area contributed by atoms with E-state index in [-0.39, 0.29) is 11.7 Å². The first kappa shape index (κ1) is 21.7. The molecule has 0 saturated carbocycles. The Morgan fingerprint density at radius 1 is 1.03 bits per heavy atom. The number of anilines is 1. The fourth-order valence-electron chi connectivity index (χ4n) is 3.99. The summed E-state index contributed by atoms with van der Waals surface area (Å²) in [5.41, 5.74) is 4.16. The first-order valence-corrected chi connectivity index (χ1v) is 12.1. The average Bonchev–Trinajstić information content (AvgIpc) is 3.52. The van der Waals surface area contributed by atoms with Crippen LogP contribution in [0, 0.1) is 6.92 Å². The van der Waals surface area contributed by atoms with Crippen molar-refractivity contribution < 1.29 is 9.53 Å². The van der Waals surface area contributed by atoms with Crippen LogP contribution in [0.2, 0.25) is 0 Å². The van der Waals surface area contributed by atoms with Crippen LogP contribution in [0.1, 0.15) is 17.5 Å². The molecule has 2 aromatic carbocycles. The zero-order chi connectivity index (χ0) is 22.6. The Kier molecular flexibility index (Phi) is 6.41. The van der Waals surface area contributed by atoms with E-state index in [1.807, 2.05) is 47.0 Å². The maximum atomic E-state index is 12.9. The summed E-state index contributed by atoms with van der Waals surface area (Å²) in [7, 11) is 0. The number of rotatable bonds is 6. The van der Waals surface area contributed by atoms with Gasteiger partial charge in [-0.15, -0.1) is 10.2 Å². The van der Waals surface area contributed by atoms with Crippen molar-refractivity contribution in [2.75, 3.05) is 43.5 Å². The summed E-state index contributed by atoms with van der Waals surface area (Å²) >= 11 is 1.40. The van der Waals surface area contributed by atoms with Gasteiger partial charge in [0.1, 0.15) is 0 Å². The van der Waals surface area contributed by atoms with Gasteiger partial charge in [-0.2, -0.15) is 5.10 Å². The molecule has 0 aliphatic carbocycles. The predicted molar refractivity (Wildman–Crippen MR) is 129 cm³/mol.